The highest BCUT2D eigenvalue weighted by Gasteiger charge is 2.04. The van der Waals surface area contributed by atoms with Gasteiger partial charge in [0.2, 0.25) is 0 Å². The summed E-state index contributed by atoms with van der Waals surface area (Å²) in [5.74, 6) is 1.02. The van der Waals surface area contributed by atoms with Crippen molar-refractivity contribution in [1.29, 1.82) is 0 Å². The molecule has 0 aliphatic carbocycles. The lowest BCUT2D eigenvalue weighted by molar-refractivity contribution is 0.373. The van der Waals surface area contributed by atoms with Gasteiger partial charge in [-0.05, 0) is 23.8 Å². The second-order valence-electron chi connectivity index (χ2n) is 4.16. The van der Waals surface area contributed by atoms with Crippen LogP contribution >= 0.6 is 0 Å². The standard InChI is InChI=1S/C13H12N6O2/c1-21-11-4-8(2-3-10(11)20)5-16-18-12-9-6-17-19-13(9)15-7-14-12/h2-7,20H,1H3,(H2,14,15,17,18,19)/b16-5+. The second-order valence-corrected chi connectivity index (χ2v) is 4.16. The van der Waals surface area contributed by atoms with Gasteiger partial charge < -0.3 is 9.84 Å². The zero-order valence-corrected chi connectivity index (χ0v) is 11.1. The van der Waals surface area contributed by atoms with Crippen LogP contribution in [0.5, 0.6) is 11.5 Å². The van der Waals surface area contributed by atoms with Gasteiger partial charge in [0.25, 0.3) is 0 Å². The number of anilines is 1. The number of methoxy groups -OCH3 is 1. The van der Waals surface area contributed by atoms with E-state index in [1.807, 2.05) is 0 Å². The molecule has 21 heavy (non-hydrogen) atoms. The molecule has 3 N–H and O–H groups in total. The molecule has 2 aromatic heterocycles. The fraction of sp³-hybridized carbons (Fsp3) is 0.0769. The number of fused-ring (bicyclic) bond motifs is 1. The van der Waals surface area contributed by atoms with Crippen LogP contribution in [0.15, 0.2) is 35.8 Å². The Balaban J connectivity index is 1.79. The van der Waals surface area contributed by atoms with Crippen LogP contribution in [0.2, 0.25) is 0 Å². The number of H-pyrrole nitrogens is 1. The molecule has 1 aromatic carbocycles. The molecule has 8 heteroatoms. The van der Waals surface area contributed by atoms with Crippen LogP contribution in [0.4, 0.5) is 5.82 Å². The van der Waals surface area contributed by atoms with Gasteiger partial charge in [-0.3, -0.25) is 10.5 Å². The molecule has 2 heterocycles. The third-order valence-corrected chi connectivity index (χ3v) is 2.84. The van der Waals surface area contributed by atoms with Gasteiger partial charge in [-0.2, -0.15) is 10.2 Å². The summed E-state index contributed by atoms with van der Waals surface area (Å²) < 4.78 is 5.03. The van der Waals surface area contributed by atoms with Crippen LogP contribution < -0.4 is 10.2 Å². The number of ether oxygens (including phenoxy) is 1. The van der Waals surface area contributed by atoms with Crippen molar-refractivity contribution in [2.45, 2.75) is 0 Å². The average Bonchev–Trinajstić information content (AvgIpc) is 2.98. The lowest BCUT2D eigenvalue weighted by Gasteiger charge is -2.03. The molecule has 0 fully saturated rings. The van der Waals surface area contributed by atoms with Gasteiger partial charge in [0, 0.05) is 0 Å². The SMILES string of the molecule is COc1cc(/C=N/Nc2ncnc3[nH]ncc23)ccc1O. The number of hydrogen-bond donors (Lipinski definition) is 3. The van der Waals surface area contributed by atoms with E-state index in [4.69, 9.17) is 4.74 Å². The Bertz CT molecular complexity index is 798. The van der Waals surface area contributed by atoms with Gasteiger partial charge in [-0.25, -0.2) is 9.97 Å². The first-order valence-corrected chi connectivity index (χ1v) is 6.08. The molecular formula is C13H12N6O2. The zero-order valence-electron chi connectivity index (χ0n) is 11.1. The largest absolute Gasteiger partial charge is 0.504 e. The van der Waals surface area contributed by atoms with Gasteiger partial charge >= 0.3 is 0 Å². The monoisotopic (exact) mass is 284 g/mol. The number of aromatic amines is 1. The molecule has 0 saturated heterocycles. The summed E-state index contributed by atoms with van der Waals surface area (Å²) in [5.41, 5.74) is 4.24. The van der Waals surface area contributed by atoms with Crippen molar-refractivity contribution < 1.29 is 9.84 Å². The van der Waals surface area contributed by atoms with Gasteiger partial charge in [-0.1, -0.05) is 0 Å². The normalized spacial score (nSPS) is 11.1. The Labute approximate surface area is 119 Å². The average molecular weight is 284 g/mol. The smallest absolute Gasteiger partial charge is 0.161 e. The van der Waals surface area contributed by atoms with E-state index in [-0.39, 0.29) is 5.75 Å². The molecule has 8 nitrogen and oxygen atoms in total. The number of hydrazone groups is 1. The number of nitrogens with one attached hydrogen (secondary N) is 2. The molecule has 0 unspecified atom stereocenters. The highest BCUT2D eigenvalue weighted by atomic mass is 16.5. The van der Waals surface area contributed by atoms with E-state index in [9.17, 15) is 5.11 Å². The van der Waals surface area contributed by atoms with E-state index < -0.39 is 0 Å². The van der Waals surface area contributed by atoms with Crippen molar-refractivity contribution in [2.24, 2.45) is 5.10 Å². The van der Waals surface area contributed by atoms with Crippen molar-refractivity contribution in [3.63, 3.8) is 0 Å². The molecule has 3 rings (SSSR count). The van der Waals surface area contributed by atoms with E-state index in [0.717, 1.165) is 10.9 Å². The molecule has 0 radical (unpaired) electrons. The number of benzene rings is 1. The van der Waals surface area contributed by atoms with E-state index in [2.05, 4.69) is 30.7 Å². The molecule has 106 valence electrons. The topological polar surface area (TPSA) is 108 Å². The maximum absolute atomic E-state index is 9.52. The Hall–Kier alpha value is -3.16. The molecule has 0 aliphatic rings. The Morgan fingerprint density at radius 3 is 3.14 bits per heavy atom. The molecule has 0 saturated carbocycles. The minimum atomic E-state index is 0.0820. The highest BCUT2D eigenvalue weighted by molar-refractivity contribution is 5.86. The summed E-state index contributed by atoms with van der Waals surface area (Å²) in [7, 11) is 1.49. The fourth-order valence-electron chi connectivity index (χ4n) is 1.80. The molecule has 0 bridgehead atoms. The maximum atomic E-state index is 9.52. The predicted molar refractivity (Wildman–Crippen MR) is 77.6 cm³/mol. The third-order valence-electron chi connectivity index (χ3n) is 2.84. The predicted octanol–water partition coefficient (Wildman–Crippen LogP) is 1.51. The van der Waals surface area contributed by atoms with Gasteiger partial charge in [0.05, 0.1) is 24.9 Å². The first-order chi connectivity index (χ1) is 10.3. The zero-order chi connectivity index (χ0) is 14.7. The molecular weight excluding hydrogens is 272 g/mol. The Kier molecular flexibility index (Phi) is 3.34. The summed E-state index contributed by atoms with van der Waals surface area (Å²) in [5, 5.41) is 21.0. The second kappa shape index (κ2) is 5.45. The van der Waals surface area contributed by atoms with E-state index >= 15 is 0 Å². The van der Waals surface area contributed by atoms with Crippen molar-refractivity contribution in [3.05, 3.63) is 36.3 Å². The number of hydrogen-bond acceptors (Lipinski definition) is 7. The number of phenols is 1. The van der Waals surface area contributed by atoms with Crippen LogP contribution in [0.3, 0.4) is 0 Å². The number of rotatable bonds is 4. The van der Waals surface area contributed by atoms with Gasteiger partial charge in [0.1, 0.15) is 6.33 Å². The molecule has 0 spiro atoms. The van der Waals surface area contributed by atoms with Crippen molar-refractivity contribution >= 4 is 23.1 Å². The fourth-order valence-corrected chi connectivity index (χ4v) is 1.80. The Morgan fingerprint density at radius 2 is 2.29 bits per heavy atom. The quantitative estimate of drug-likeness (QED) is 0.495. The summed E-state index contributed by atoms with van der Waals surface area (Å²) in [6, 6.07) is 4.93. The van der Waals surface area contributed by atoms with E-state index in [1.54, 1.807) is 30.6 Å². The van der Waals surface area contributed by atoms with E-state index in [0.29, 0.717) is 17.2 Å². The molecule has 3 aromatic rings. The van der Waals surface area contributed by atoms with E-state index in [1.165, 1.54) is 13.4 Å². The van der Waals surface area contributed by atoms with Gasteiger partial charge in [0.15, 0.2) is 23.0 Å². The van der Waals surface area contributed by atoms with Crippen molar-refractivity contribution in [3.8, 4) is 11.5 Å². The van der Waals surface area contributed by atoms with Crippen LogP contribution in [0.25, 0.3) is 11.0 Å². The maximum Gasteiger partial charge on any atom is 0.161 e. The molecule has 0 aliphatic heterocycles. The number of nitrogens with zero attached hydrogens (tertiary/aromatic N) is 4. The lowest BCUT2D eigenvalue weighted by atomic mass is 10.2. The first-order valence-electron chi connectivity index (χ1n) is 6.08. The summed E-state index contributed by atoms with van der Waals surface area (Å²) in [4.78, 5) is 8.13. The summed E-state index contributed by atoms with van der Waals surface area (Å²) in [6.07, 6.45) is 4.63. The van der Waals surface area contributed by atoms with Crippen molar-refractivity contribution in [1.82, 2.24) is 20.2 Å². The van der Waals surface area contributed by atoms with Crippen LogP contribution in [-0.4, -0.2) is 38.6 Å². The summed E-state index contributed by atoms with van der Waals surface area (Å²) in [6.45, 7) is 0. The van der Waals surface area contributed by atoms with Crippen LogP contribution in [0.1, 0.15) is 5.56 Å². The number of aromatic nitrogens is 4. The minimum Gasteiger partial charge on any atom is -0.504 e. The molecule has 0 atom stereocenters. The minimum absolute atomic E-state index is 0.0820. The number of phenolic OH excluding ortho intramolecular Hbond substituents is 1. The van der Waals surface area contributed by atoms with Crippen LogP contribution in [-0.2, 0) is 0 Å². The molecule has 0 amide bonds. The third kappa shape index (κ3) is 2.59. The Morgan fingerprint density at radius 1 is 1.38 bits per heavy atom. The van der Waals surface area contributed by atoms with Crippen LogP contribution in [0, 0.1) is 0 Å². The number of aromatic hydroxyl groups is 1. The highest BCUT2D eigenvalue weighted by Crippen LogP contribution is 2.25. The van der Waals surface area contributed by atoms with Gasteiger partial charge in [-0.15, -0.1) is 0 Å². The van der Waals surface area contributed by atoms with Crippen molar-refractivity contribution in [2.75, 3.05) is 12.5 Å². The lowest BCUT2D eigenvalue weighted by Crippen LogP contribution is -1.95. The summed E-state index contributed by atoms with van der Waals surface area (Å²) >= 11 is 0. The first kappa shape index (κ1) is 12.9.